The van der Waals surface area contributed by atoms with Crippen molar-refractivity contribution in [3.05, 3.63) is 0 Å². The molecule has 4 heteroatoms. The van der Waals surface area contributed by atoms with Crippen molar-refractivity contribution in [1.82, 2.24) is 5.32 Å². The number of carbonyl (C=O) groups excluding carboxylic acids is 1. The Morgan fingerprint density at radius 3 is 2.71 bits per heavy atom. The van der Waals surface area contributed by atoms with Gasteiger partial charge in [-0.3, -0.25) is 4.79 Å². The molecule has 1 unspecified atom stereocenters. The highest BCUT2D eigenvalue weighted by Crippen LogP contribution is 2.37. The normalized spacial score (nSPS) is 27.7. The van der Waals surface area contributed by atoms with Crippen molar-refractivity contribution in [2.75, 3.05) is 12.3 Å². The smallest absolute Gasteiger partial charge is 0.236 e. The maximum atomic E-state index is 11.8. The predicted octanol–water partition coefficient (Wildman–Crippen LogP) is 1.16. The summed E-state index contributed by atoms with van der Waals surface area (Å²) >= 11 is 1.71. The minimum absolute atomic E-state index is 0.0575. The molecule has 82 valence electrons. The topological polar surface area (TPSA) is 49.3 Å². The van der Waals surface area contributed by atoms with Gasteiger partial charge in [-0.2, -0.15) is 0 Å². The summed E-state index contributed by atoms with van der Waals surface area (Å²) in [4.78, 5) is 11.8. The van der Waals surface area contributed by atoms with Crippen LogP contribution in [0.1, 0.15) is 33.6 Å². The van der Waals surface area contributed by atoms with Gasteiger partial charge in [0.1, 0.15) is 0 Å². The molecule has 1 amide bonds. The minimum atomic E-state index is -0.824. The van der Waals surface area contributed by atoms with Gasteiger partial charge < -0.3 is 10.4 Å². The fraction of sp³-hybridized carbons (Fsp3) is 0.900. The highest BCUT2D eigenvalue weighted by atomic mass is 32.2. The maximum absolute atomic E-state index is 11.8. The fourth-order valence-corrected chi connectivity index (χ4v) is 2.67. The summed E-state index contributed by atoms with van der Waals surface area (Å²) in [7, 11) is 0. The van der Waals surface area contributed by atoms with E-state index in [4.69, 9.17) is 0 Å². The molecule has 0 radical (unpaired) electrons. The van der Waals surface area contributed by atoms with E-state index in [9.17, 15) is 9.90 Å². The van der Waals surface area contributed by atoms with E-state index in [0.717, 1.165) is 18.6 Å². The van der Waals surface area contributed by atoms with Gasteiger partial charge in [0.25, 0.3) is 0 Å². The van der Waals surface area contributed by atoms with Crippen LogP contribution in [-0.4, -0.2) is 33.7 Å². The zero-order valence-electron chi connectivity index (χ0n) is 9.09. The number of nitrogens with one attached hydrogen (secondary N) is 1. The number of hydrogen-bond acceptors (Lipinski definition) is 3. The lowest BCUT2D eigenvalue weighted by Crippen LogP contribution is -2.46. The van der Waals surface area contributed by atoms with Crippen LogP contribution in [-0.2, 0) is 4.79 Å². The summed E-state index contributed by atoms with van der Waals surface area (Å²) in [6.45, 7) is 5.68. The number of hydrogen-bond donors (Lipinski definition) is 2. The Morgan fingerprint density at radius 1 is 1.64 bits per heavy atom. The van der Waals surface area contributed by atoms with Gasteiger partial charge in [0, 0.05) is 6.54 Å². The Kier molecular flexibility index (Phi) is 3.48. The molecule has 14 heavy (non-hydrogen) atoms. The first-order valence-corrected chi connectivity index (χ1v) is 5.97. The van der Waals surface area contributed by atoms with Crippen molar-refractivity contribution in [2.24, 2.45) is 0 Å². The quantitative estimate of drug-likeness (QED) is 0.746. The van der Waals surface area contributed by atoms with Crippen molar-refractivity contribution in [3.8, 4) is 0 Å². The molecule has 0 bridgehead atoms. The molecule has 0 spiro atoms. The van der Waals surface area contributed by atoms with Crippen LogP contribution in [0.3, 0.4) is 0 Å². The minimum Gasteiger partial charge on any atom is -0.389 e. The zero-order chi connectivity index (χ0) is 10.8. The lowest BCUT2D eigenvalue weighted by Gasteiger charge is -2.24. The summed E-state index contributed by atoms with van der Waals surface area (Å²) in [6, 6.07) is 0. The van der Waals surface area contributed by atoms with Gasteiger partial charge in [-0.05, 0) is 39.4 Å². The second-order valence-electron chi connectivity index (χ2n) is 4.68. The van der Waals surface area contributed by atoms with Crippen molar-refractivity contribution in [3.63, 3.8) is 0 Å². The fourth-order valence-electron chi connectivity index (χ4n) is 1.44. The van der Waals surface area contributed by atoms with E-state index in [1.54, 1.807) is 25.6 Å². The number of carbonyl (C=O) groups is 1. The first kappa shape index (κ1) is 11.9. The molecule has 3 nitrogen and oxygen atoms in total. The number of rotatable bonds is 3. The van der Waals surface area contributed by atoms with Gasteiger partial charge in [0.05, 0.1) is 10.3 Å². The molecule has 0 aromatic heterocycles. The number of amides is 1. The Morgan fingerprint density at radius 2 is 2.29 bits per heavy atom. The van der Waals surface area contributed by atoms with Gasteiger partial charge in [-0.15, -0.1) is 11.8 Å². The molecule has 1 aliphatic heterocycles. The Labute approximate surface area is 89.6 Å². The Bertz CT molecular complexity index is 217. The van der Waals surface area contributed by atoms with Crippen LogP contribution in [0.5, 0.6) is 0 Å². The molecule has 1 rings (SSSR count). The van der Waals surface area contributed by atoms with Crippen molar-refractivity contribution in [2.45, 2.75) is 44.0 Å². The summed E-state index contributed by atoms with van der Waals surface area (Å²) in [5, 5.41) is 12.3. The van der Waals surface area contributed by atoms with E-state index >= 15 is 0 Å². The van der Waals surface area contributed by atoms with E-state index in [2.05, 4.69) is 5.32 Å². The number of aliphatic hydroxyl groups is 1. The molecule has 1 aliphatic rings. The van der Waals surface area contributed by atoms with Gasteiger partial charge >= 0.3 is 0 Å². The van der Waals surface area contributed by atoms with Gasteiger partial charge in [-0.25, -0.2) is 0 Å². The van der Waals surface area contributed by atoms with Gasteiger partial charge in [0.2, 0.25) is 5.91 Å². The lowest BCUT2D eigenvalue weighted by molar-refractivity contribution is -0.124. The van der Waals surface area contributed by atoms with Crippen LogP contribution in [0, 0.1) is 0 Å². The van der Waals surface area contributed by atoms with Crippen LogP contribution >= 0.6 is 11.8 Å². The average molecular weight is 217 g/mol. The van der Waals surface area contributed by atoms with Crippen molar-refractivity contribution >= 4 is 17.7 Å². The average Bonchev–Trinajstić information content (AvgIpc) is 2.48. The highest BCUT2D eigenvalue weighted by Gasteiger charge is 2.37. The van der Waals surface area contributed by atoms with Crippen LogP contribution in [0.25, 0.3) is 0 Å². The molecular weight excluding hydrogens is 198 g/mol. The summed E-state index contributed by atoms with van der Waals surface area (Å²) in [6.07, 6.45) is 2.05. The van der Waals surface area contributed by atoms with E-state index in [0.29, 0.717) is 6.54 Å². The van der Waals surface area contributed by atoms with Gasteiger partial charge in [-0.1, -0.05) is 0 Å². The third-order valence-electron chi connectivity index (χ3n) is 2.38. The first-order chi connectivity index (χ1) is 6.33. The molecule has 0 aromatic carbocycles. The molecule has 2 N–H and O–H groups in total. The van der Waals surface area contributed by atoms with Crippen molar-refractivity contribution < 1.29 is 9.90 Å². The molecule has 0 aliphatic carbocycles. The molecule has 1 saturated heterocycles. The van der Waals surface area contributed by atoms with Gasteiger partial charge in [0.15, 0.2) is 0 Å². The van der Waals surface area contributed by atoms with Crippen LogP contribution in [0.4, 0.5) is 0 Å². The standard InChI is InChI=1S/C10H19NO2S/c1-9(2,13)7-11-8(12)10(3)5-4-6-14-10/h13H,4-7H2,1-3H3,(H,11,12). The lowest BCUT2D eigenvalue weighted by atomic mass is 10.0. The van der Waals surface area contributed by atoms with Crippen LogP contribution < -0.4 is 5.32 Å². The third-order valence-corrected chi connectivity index (χ3v) is 3.90. The molecule has 0 aromatic rings. The monoisotopic (exact) mass is 217 g/mol. The van der Waals surface area contributed by atoms with Crippen molar-refractivity contribution in [1.29, 1.82) is 0 Å². The van der Waals surface area contributed by atoms with E-state index < -0.39 is 5.60 Å². The van der Waals surface area contributed by atoms with E-state index in [1.165, 1.54) is 0 Å². The zero-order valence-corrected chi connectivity index (χ0v) is 9.91. The number of thioether (sulfide) groups is 1. The molecule has 0 saturated carbocycles. The van der Waals surface area contributed by atoms with E-state index in [-0.39, 0.29) is 10.7 Å². The second kappa shape index (κ2) is 4.11. The molecular formula is C10H19NO2S. The first-order valence-electron chi connectivity index (χ1n) is 4.98. The Balaban J connectivity index is 2.42. The Hall–Kier alpha value is -0.220. The summed E-state index contributed by atoms with van der Waals surface area (Å²) in [5.41, 5.74) is -0.824. The molecule has 1 heterocycles. The summed E-state index contributed by atoms with van der Waals surface area (Å²) in [5.74, 6) is 1.12. The molecule has 1 fully saturated rings. The maximum Gasteiger partial charge on any atom is 0.236 e. The largest absolute Gasteiger partial charge is 0.389 e. The molecule has 1 atom stereocenters. The highest BCUT2D eigenvalue weighted by molar-refractivity contribution is 8.01. The van der Waals surface area contributed by atoms with E-state index in [1.807, 2.05) is 6.92 Å². The van der Waals surface area contributed by atoms with Crippen LogP contribution in [0.2, 0.25) is 0 Å². The SMILES string of the molecule is CC(C)(O)CNC(=O)C1(C)CCCS1. The second-order valence-corrected chi connectivity index (χ2v) is 6.28. The summed E-state index contributed by atoms with van der Waals surface area (Å²) < 4.78 is -0.273. The van der Waals surface area contributed by atoms with Crippen LogP contribution in [0.15, 0.2) is 0 Å². The third kappa shape index (κ3) is 3.17. The predicted molar refractivity (Wildman–Crippen MR) is 59.4 cm³/mol.